The van der Waals surface area contributed by atoms with Gasteiger partial charge in [-0.25, -0.2) is 9.69 Å². The molecule has 0 atom stereocenters. The van der Waals surface area contributed by atoms with Gasteiger partial charge in [0.2, 0.25) is 0 Å². The van der Waals surface area contributed by atoms with Crippen molar-refractivity contribution in [2.75, 3.05) is 16.8 Å². The van der Waals surface area contributed by atoms with Gasteiger partial charge in [-0.1, -0.05) is 31.4 Å². The number of carbonyl (C=O) groups excluding carboxylic acids is 4. The minimum Gasteiger partial charge on any atom is -0.506 e. The van der Waals surface area contributed by atoms with Crippen LogP contribution in [0.5, 0.6) is 5.75 Å². The summed E-state index contributed by atoms with van der Waals surface area (Å²) in [7, 11) is 0. The van der Waals surface area contributed by atoms with E-state index in [1.165, 1.54) is 10.9 Å². The van der Waals surface area contributed by atoms with Gasteiger partial charge in [-0.15, -0.1) is 15.0 Å². The summed E-state index contributed by atoms with van der Waals surface area (Å²) >= 11 is 0. The maximum absolute atomic E-state index is 13.8. The second kappa shape index (κ2) is 11.2. The minimum atomic E-state index is -0.522. The van der Waals surface area contributed by atoms with E-state index in [1.54, 1.807) is 74.5 Å². The average molecular weight is 602 g/mol. The molecule has 0 spiro atoms. The number of aromatic nitrogens is 3. The van der Waals surface area contributed by atoms with Gasteiger partial charge in [0.25, 0.3) is 17.7 Å². The van der Waals surface area contributed by atoms with Crippen LogP contribution in [-0.4, -0.2) is 50.4 Å². The molecule has 0 saturated heterocycles. The largest absolute Gasteiger partial charge is 0.506 e. The van der Waals surface area contributed by atoms with Crippen molar-refractivity contribution in [3.63, 3.8) is 0 Å². The van der Waals surface area contributed by atoms with Gasteiger partial charge in [0, 0.05) is 45.2 Å². The highest BCUT2D eigenvalue weighted by molar-refractivity contribution is 6.36. The molecule has 1 aliphatic heterocycles. The standard InChI is InChI=1S/C34H27N5O6/c1-18(2)31(41)35-25-12-10-24-30-22(25)6-5-7-23(30)32(42)38(33(24)43)21-9-11-26-27(17-21)37-39(36-26)28-16-20(8-13-29(28)40)14-15-45-34(44)19(3)4/h5-13,16-17,40H,1,3,14-15H2,2,4H3,(H,35,41). The van der Waals surface area contributed by atoms with Crippen LogP contribution < -0.4 is 10.2 Å². The fraction of sp³-hybridized carbons (Fsp3) is 0.118. The van der Waals surface area contributed by atoms with Gasteiger partial charge in [0.15, 0.2) is 0 Å². The highest BCUT2D eigenvalue weighted by atomic mass is 16.5. The molecular weight excluding hydrogens is 574 g/mol. The van der Waals surface area contributed by atoms with E-state index in [9.17, 15) is 24.3 Å². The number of ether oxygens (including phenoxy) is 1. The van der Waals surface area contributed by atoms with Crippen LogP contribution in [0.15, 0.2) is 91.0 Å². The van der Waals surface area contributed by atoms with Gasteiger partial charge in [-0.05, 0) is 67.9 Å². The Hall–Kier alpha value is -6.10. The van der Waals surface area contributed by atoms with Gasteiger partial charge < -0.3 is 15.2 Å². The van der Waals surface area contributed by atoms with Gasteiger partial charge in [0.1, 0.15) is 22.5 Å². The van der Waals surface area contributed by atoms with Gasteiger partial charge in [-0.3, -0.25) is 14.4 Å². The first kappa shape index (κ1) is 29.0. The number of rotatable bonds is 8. The maximum Gasteiger partial charge on any atom is 0.333 e. The minimum absolute atomic E-state index is 0.0666. The van der Waals surface area contributed by atoms with Crippen molar-refractivity contribution in [1.82, 2.24) is 15.0 Å². The molecule has 0 aliphatic carbocycles. The Labute approximate surface area is 257 Å². The van der Waals surface area contributed by atoms with Crippen molar-refractivity contribution in [3.8, 4) is 11.4 Å². The SMILES string of the molecule is C=C(C)C(=O)Nc1ccc2c3c(cccc13)C(=O)N(c1ccc3nn(-c4cc(CCOC(=O)C(=C)C)ccc4O)nc3c1)C2=O. The Morgan fingerprint density at radius 1 is 0.889 bits per heavy atom. The summed E-state index contributed by atoms with van der Waals surface area (Å²) in [5.74, 6) is -1.95. The zero-order valence-electron chi connectivity index (χ0n) is 24.5. The van der Waals surface area contributed by atoms with Crippen LogP contribution in [0.2, 0.25) is 0 Å². The van der Waals surface area contributed by atoms with Crippen LogP contribution in [0, 0.1) is 0 Å². The first-order chi connectivity index (χ1) is 21.5. The quantitative estimate of drug-likeness (QED) is 0.139. The lowest BCUT2D eigenvalue weighted by Crippen LogP contribution is -2.40. The Kier molecular flexibility index (Phi) is 7.21. The van der Waals surface area contributed by atoms with Crippen molar-refractivity contribution in [1.29, 1.82) is 0 Å². The number of aromatic hydroxyl groups is 1. The molecular formula is C34H27N5O6. The van der Waals surface area contributed by atoms with Gasteiger partial charge >= 0.3 is 5.97 Å². The summed E-state index contributed by atoms with van der Waals surface area (Å²) in [5, 5.41) is 23.4. The summed E-state index contributed by atoms with van der Waals surface area (Å²) in [6.07, 6.45) is 0.395. The molecule has 11 heteroatoms. The molecule has 0 bridgehead atoms. The Balaban J connectivity index is 1.31. The third-order valence-electron chi connectivity index (χ3n) is 7.39. The number of fused-ring (bicyclic) bond motifs is 1. The number of carbonyl (C=O) groups is 4. The molecule has 0 fully saturated rings. The zero-order valence-corrected chi connectivity index (χ0v) is 24.5. The molecule has 3 amide bonds. The summed E-state index contributed by atoms with van der Waals surface area (Å²) in [6.45, 7) is 10.5. The lowest BCUT2D eigenvalue weighted by molar-refractivity contribution is -0.138. The fourth-order valence-electron chi connectivity index (χ4n) is 5.09. The van der Waals surface area contributed by atoms with E-state index in [0.717, 1.165) is 10.5 Å². The smallest absolute Gasteiger partial charge is 0.333 e. The maximum atomic E-state index is 13.8. The zero-order chi connectivity index (χ0) is 32.0. The molecule has 224 valence electrons. The molecule has 0 radical (unpaired) electrons. The van der Waals surface area contributed by atoms with Gasteiger partial charge in [0.05, 0.1) is 12.3 Å². The molecule has 0 unspecified atom stereocenters. The molecule has 1 aliphatic rings. The highest BCUT2D eigenvalue weighted by Crippen LogP contribution is 2.37. The lowest BCUT2D eigenvalue weighted by atomic mass is 9.92. The van der Waals surface area contributed by atoms with Crippen molar-refractivity contribution in [2.45, 2.75) is 20.3 Å². The van der Waals surface area contributed by atoms with Crippen molar-refractivity contribution >= 4 is 56.9 Å². The van der Waals surface area contributed by atoms with E-state index in [2.05, 4.69) is 28.7 Å². The molecule has 45 heavy (non-hydrogen) atoms. The van der Waals surface area contributed by atoms with E-state index >= 15 is 0 Å². The number of amides is 3. The van der Waals surface area contributed by atoms with Crippen molar-refractivity contribution in [3.05, 3.63) is 108 Å². The molecule has 0 saturated carbocycles. The molecule has 5 aromatic rings. The van der Waals surface area contributed by atoms with Crippen molar-refractivity contribution < 1.29 is 29.0 Å². The summed E-state index contributed by atoms with van der Waals surface area (Å²) in [4.78, 5) is 53.9. The third kappa shape index (κ3) is 5.20. The van der Waals surface area contributed by atoms with E-state index in [-0.39, 0.29) is 18.3 Å². The second-order valence-corrected chi connectivity index (χ2v) is 10.7. The number of phenolic OH excluding ortho intramolecular Hbond substituents is 1. The fourth-order valence-corrected chi connectivity index (χ4v) is 5.09. The number of phenols is 1. The Morgan fingerprint density at radius 2 is 1.62 bits per heavy atom. The number of nitrogens with one attached hydrogen (secondary N) is 1. The van der Waals surface area contributed by atoms with Crippen LogP contribution >= 0.6 is 0 Å². The number of nitrogens with zero attached hydrogens (tertiary/aromatic N) is 4. The molecule has 2 N–H and O–H groups in total. The first-order valence-corrected chi connectivity index (χ1v) is 14.0. The average Bonchev–Trinajstić information content (AvgIpc) is 3.44. The van der Waals surface area contributed by atoms with E-state index < -0.39 is 17.8 Å². The monoisotopic (exact) mass is 601 g/mol. The van der Waals surface area contributed by atoms with Crippen molar-refractivity contribution in [2.24, 2.45) is 0 Å². The molecule has 2 heterocycles. The van der Waals surface area contributed by atoms with Crippen LogP contribution in [0.3, 0.4) is 0 Å². The molecule has 4 aromatic carbocycles. The van der Waals surface area contributed by atoms with Crippen LogP contribution in [-0.2, 0) is 20.7 Å². The normalized spacial score (nSPS) is 12.4. The number of imide groups is 1. The van der Waals surface area contributed by atoms with Gasteiger partial charge in [-0.2, -0.15) is 0 Å². The summed E-state index contributed by atoms with van der Waals surface area (Å²) in [5.41, 5.74) is 3.95. The first-order valence-electron chi connectivity index (χ1n) is 14.0. The van der Waals surface area contributed by atoms with E-state index in [4.69, 9.17) is 4.74 Å². The molecule has 6 rings (SSSR count). The van der Waals surface area contributed by atoms with Crippen LogP contribution in [0.4, 0.5) is 11.4 Å². The third-order valence-corrected chi connectivity index (χ3v) is 7.39. The number of hydrogen-bond acceptors (Lipinski definition) is 8. The van der Waals surface area contributed by atoms with Crippen LogP contribution in [0.25, 0.3) is 27.5 Å². The number of hydrogen-bond donors (Lipinski definition) is 2. The molecule has 11 nitrogen and oxygen atoms in total. The molecule has 1 aromatic heterocycles. The lowest BCUT2D eigenvalue weighted by Gasteiger charge is -2.27. The number of esters is 1. The summed E-state index contributed by atoms with van der Waals surface area (Å²) in [6, 6.07) is 18.0. The van der Waals surface area contributed by atoms with E-state index in [1.807, 2.05) is 0 Å². The highest BCUT2D eigenvalue weighted by Gasteiger charge is 2.35. The Bertz CT molecular complexity index is 2110. The number of anilines is 2. The topological polar surface area (TPSA) is 144 Å². The Morgan fingerprint density at radius 3 is 2.36 bits per heavy atom. The van der Waals surface area contributed by atoms with Crippen LogP contribution in [0.1, 0.15) is 40.1 Å². The number of benzene rings is 4. The van der Waals surface area contributed by atoms with E-state index in [0.29, 0.717) is 67.6 Å². The summed E-state index contributed by atoms with van der Waals surface area (Å²) < 4.78 is 5.17. The second-order valence-electron chi connectivity index (χ2n) is 10.7. The predicted molar refractivity (Wildman–Crippen MR) is 169 cm³/mol. The predicted octanol–water partition coefficient (Wildman–Crippen LogP) is 5.26.